The highest BCUT2D eigenvalue weighted by molar-refractivity contribution is 5.99. The van der Waals surface area contributed by atoms with Crippen molar-refractivity contribution in [1.29, 1.82) is 0 Å². The maximum absolute atomic E-state index is 13.1. The number of carbonyl (C=O) groups is 3. The van der Waals surface area contributed by atoms with Crippen molar-refractivity contribution in [2.24, 2.45) is 0 Å². The largest absolute Gasteiger partial charge is 0.444 e. The van der Waals surface area contributed by atoms with Gasteiger partial charge in [-0.3, -0.25) is 9.59 Å². The second-order valence-electron chi connectivity index (χ2n) is 7.98. The molecule has 1 unspecified atom stereocenters. The Kier molecular flexibility index (Phi) is 6.03. The van der Waals surface area contributed by atoms with Crippen LogP contribution in [0, 0.1) is 13.8 Å². The van der Waals surface area contributed by atoms with E-state index in [1.165, 1.54) is 0 Å². The summed E-state index contributed by atoms with van der Waals surface area (Å²) >= 11 is 0. The Hall–Kier alpha value is -3.93. The monoisotopic (exact) mass is 428 g/mol. The lowest BCUT2D eigenvalue weighted by Gasteiger charge is -2.20. The lowest BCUT2D eigenvalue weighted by molar-refractivity contribution is -0.125. The fourth-order valence-corrected chi connectivity index (χ4v) is 3.84. The van der Waals surface area contributed by atoms with Gasteiger partial charge in [0.2, 0.25) is 12.0 Å². The molecule has 2 N–H and O–H groups in total. The SMILES string of the molecule is Cc1cc(C)cc(NC(=O)C(OC(=O)c2ccc3c(c2)CCC(=O)N3)c2ccccc2)c1. The van der Waals surface area contributed by atoms with Gasteiger partial charge in [0.1, 0.15) is 0 Å². The number of amides is 2. The molecule has 1 aliphatic rings. The first-order chi connectivity index (χ1) is 15.4. The van der Waals surface area contributed by atoms with Crippen molar-refractivity contribution in [2.45, 2.75) is 32.8 Å². The standard InChI is InChI=1S/C26H24N2O4/c1-16-12-17(2)14-21(13-16)27-25(30)24(18-6-4-3-5-7-18)32-26(31)20-8-10-22-19(15-20)9-11-23(29)28-22/h3-8,10,12-15,24H,9,11H2,1-2H3,(H,27,30)(H,28,29). The number of esters is 1. The molecular weight excluding hydrogens is 404 g/mol. The van der Waals surface area contributed by atoms with Crippen molar-refractivity contribution in [3.05, 3.63) is 94.5 Å². The van der Waals surface area contributed by atoms with E-state index in [4.69, 9.17) is 4.74 Å². The van der Waals surface area contributed by atoms with Crippen LogP contribution in [-0.2, 0) is 20.7 Å². The van der Waals surface area contributed by atoms with Gasteiger partial charge in [-0.25, -0.2) is 4.79 Å². The lowest BCUT2D eigenvalue weighted by Crippen LogP contribution is -2.26. The number of ether oxygens (including phenoxy) is 1. The van der Waals surface area contributed by atoms with E-state index >= 15 is 0 Å². The molecule has 0 fully saturated rings. The molecule has 0 saturated heterocycles. The summed E-state index contributed by atoms with van der Waals surface area (Å²) in [6, 6.07) is 19.7. The molecule has 6 nitrogen and oxygen atoms in total. The Labute approximate surface area is 186 Å². The molecule has 3 aromatic rings. The van der Waals surface area contributed by atoms with Crippen LogP contribution in [-0.4, -0.2) is 17.8 Å². The first-order valence-corrected chi connectivity index (χ1v) is 10.5. The predicted molar refractivity (Wildman–Crippen MR) is 123 cm³/mol. The number of hydrogen-bond acceptors (Lipinski definition) is 4. The van der Waals surface area contributed by atoms with Crippen LogP contribution in [0.3, 0.4) is 0 Å². The van der Waals surface area contributed by atoms with Crippen LogP contribution in [0.25, 0.3) is 0 Å². The minimum Gasteiger partial charge on any atom is -0.444 e. The second-order valence-corrected chi connectivity index (χ2v) is 7.98. The molecule has 0 spiro atoms. The van der Waals surface area contributed by atoms with E-state index in [9.17, 15) is 14.4 Å². The Morgan fingerprint density at radius 3 is 2.38 bits per heavy atom. The van der Waals surface area contributed by atoms with Crippen LogP contribution >= 0.6 is 0 Å². The third kappa shape index (κ3) is 4.86. The van der Waals surface area contributed by atoms with Gasteiger partial charge in [0.25, 0.3) is 5.91 Å². The zero-order valence-electron chi connectivity index (χ0n) is 18.0. The van der Waals surface area contributed by atoms with Gasteiger partial charge in [-0.2, -0.15) is 0 Å². The maximum atomic E-state index is 13.1. The zero-order valence-corrected chi connectivity index (χ0v) is 18.0. The van der Waals surface area contributed by atoms with Gasteiger partial charge in [-0.15, -0.1) is 0 Å². The molecule has 2 amide bonds. The molecule has 0 aromatic heterocycles. The summed E-state index contributed by atoms with van der Waals surface area (Å²) in [5.41, 5.74) is 5.17. The Balaban J connectivity index is 1.58. The molecule has 0 radical (unpaired) electrons. The average molecular weight is 428 g/mol. The molecule has 162 valence electrons. The van der Waals surface area contributed by atoms with Crippen LogP contribution in [0.4, 0.5) is 11.4 Å². The number of nitrogens with one attached hydrogen (secondary N) is 2. The summed E-state index contributed by atoms with van der Waals surface area (Å²) in [5.74, 6) is -1.08. The van der Waals surface area contributed by atoms with Crippen LogP contribution in [0.15, 0.2) is 66.7 Å². The van der Waals surface area contributed by atoms with Gasteiger partial charge in [0, 0.05) is 23.4 Å². The second kappa shape index (κ2) is 9.06. The van der Waals surface area contributed by atoms with Crippen molar-refractivity contribution in [2.75, 3.05) is 10.6 Å². The maximum Gasteiger partial charge on any atom is 0.339 e. The van der Waals surface area contributed by atoms with E-state index in [1.807, 2.05) is 38.1 Å². The van der Waals surface area contributed by atoms with Gasteiger partial charge in [-0.1, -0.05) is 36.4 Å². The van der Waals surface area contributed by atoms with Crippen molar-refractivity contribution in [3.8, 4) is 0 Å². The van der Waals surface area contributed by atoms with Gasteiger partial charge in [-0.05, 0) is 67.3 Å². The number of rotatable bonds is 5. The smallest absolute Gasteiger partial charge is 0.339 e. The third-order valence-corrected chi connectivity index (χ3v) is 5.29. The molecule has 1 aliphatic heterocycles. The van der Waals surface area contributed by atoms with E-state index in [-0.39, 0.29) is 5.91 Å². The van der Waals surface area contributed by atoms with Crippen molar-refractivity contribution >= 4 is 29.2 Å². The predicted octanol–water partition coefficient (Wildman–Crippen LogP) is 4.72. The average Bonchev–Trinajstić information content (AvgIpc) is 2.76. The fourth-order valence-electron chi connectivity index (χ4n) is 3.84. The van der Waals surface area contributed by atoms with E-state index in [0.29, 0.717) is 35.3 Å². The van der Waals surface area contributed by atoms with Gasteiger partial charge in [0.15, 0.2) is 0 Å². The molecule has 4 rings (SSSR count). The Morgan fingerprint density at radius 2 is 1.66 bits per heavy atom. The van der Waals surface area contributed by atoms with Gasteiger partial charge < -0.3 is 15.4 Å². The third-order valence-electron chi connectivity index (χ3n) is 5.29. The summed E-state index contributed by atoms with van der Waals surface area (Å²) in [7, 11) is 0. The number of anilines is 2. The van der Waals surface area contributed by atoms with Crippen LogP contribution < -0.4 is 10.6 Å². The molecule has 1 atom stereocenters. The van der Waals surface area contributed by atoms with Crippen LogP contribution in [0.1, 0.15) is 45.1 Å². The highest BCUT2D eigenvalue weighted by atomic mass is 16.5. The quantitative estimate of drug-likeness (QED) is 0.576. The number of carbonyl (C=O) groups excluding carboxylic acids is 3. The minimum atomic E-state index is -1.11. The highest BCUT2D eigenvalue weighted by Crippen LogP contribution is 2.26. The zero-order chi connectivity index (χ0) is 22.7. The number of aryl methyl sites for hydroxylation is 3. The van der Waals surface area contributed by atoms with Crippen LogP contribution in [0.2, 0.25) is 0 Å². The topological polar surface area (TPSA) is 84.5 Å². The molecule has 6 heteroatoms. The van der Waals surface area contributed by atoms with Crippen molar-refractivity contribution < 1.29 is 19.1 Å². The Bertz CT molecular complexity index is 1170. The van der Waals surface area contributed by atoms with Crippen molar-refractivity contribution in [1.82, 2.24) is 0 Å². The summed E-state index contributed by atoms with van der Waals surface area (Å²) < 4.78 is 5.69. The van der Waals surface area contributed by atoms with E-state index in [2.05, 4.69) is 10.6 Å². The molecule has 32 heavy (non-hydrogen) atoms. The fraction of sp³-hybridized carbons (Fsp3) is 0.192. The summed E-state index contributed by atoms with van der Waals surface area (Å²) in [4.78, 5) is 37.7. The molecule has 0 aliphatic carbocycles. The van der Waals surface area contributed by atoms with Crippen molar-refractivity contribution in [3.63, 3.8) is 0 Å². The van der Waals surface area contributed by atoms with E-state index in [0.717, 1.165) is 16.7 Å². The summed E-state index contributed by atoms with van der Waals surface area (Å²) in [6.07, 6.45) is -0.186. The first-order valence-electron chi connectivity index (χ1n) is 10.5. The van der Waals surface area contributed by atoms with E-state index < -0.39 is 18.0 Å². The number of benzene rings is 3. The van der Waals surface area contributed by atoms with E-state index in [1.54, 1.807) is 42.5 Å². The summed E-state index contributed by atoms with van der Waals surface area (Å²) in [5, 5.41) is 5.66. The van der Waals surface area contributed by atoms with Crippen LogP contribution in [0.5, 0.6) is 0 Å². The van der Waals surface area contributed by atoms with Gasteiger partial charge >= 0.3 is 5.97 Å². The molecule has 0 saturated carbocycles. The first kappa shape index (κ1) is 21.3. The molecule has 1 heterocycles. The lowest BCUT2D eigenvalue weighted by atomic mass is 10.0. The number of hydrogen-bond donors (Lipinski definition) is 2. The Morgan fingerprint density at radius 1 is 0.938 bits per heavy atom. The molecule has 0 bridgehead atoms. The minimum absolute atomic E-state index is 0.0416. The molecule has 3 aromatic carbocycles. The van der Waals surface area contributed by atoms with Gasteiger partial charge in [0.05, 0.1) is 5.56 Å². The molecular formula is C26H24N2O4. The number of fused-ring (bicyclic) bond motifs is 1. The normalized spacial score (nSPS) is 13.5. The summed E-state index contributed by atoms with van der Waals surface area (Å²) in [6.45, 7) is 3.91. The highest BCUT2D eigenvalue weighted by Gasteiger charge is 2.27.